The third kappa shape index (κ3) is 4.07. The van der Waals surface area contributed by atoms with Crippen molar-refractivity contribution in [3.05, 3.63) is 53.6 Å². The first-order valence-electron chi connectivity index (χ1n) is 7.72. The molecule has 1 heterocycles. The largest absolute Gasteiger partial charge is 0.454 e. The number of ether oxygens (including phenoxy) is 3. The third-order valence-electron chi connectivity index (χ3n) is 3.61. The van der Waals surface area contributed by atoms with Crippen LogP contribution in [0.15, 0.2) is 42.5 Å². The summed E-state index contributed by atoms with van der Waals surface area (Å²) in [4.78, 5) is 24.1. The molecule has 7 heteroatoms. The number of carbonyl (C=O) groups is 2. The van der Waals surface area contributed by atoms with Crippen molar-refractivity contribution in [1.82, 2.24) is 5.32 Å². The Balaban J connectivity index is 1.66. The number of hydrogen-bond donors (Lipinski definition) is 2. The van der Waals surface area contributed by atoms with Crippen molar-refractivity contribution >= 4 is 17.5 Å². The topological polar surface area (TPSA) is 85.9 Å². The monoisotopic (exact) mass is 342 g/mol. The molecule has 2 aromatic rings. The average molecular weight is 342 g/mol. The molecule has 0 fully saturated rings. The predicted molar refractivity (Wildman–Crippen MR) is 90.7 cm³/mol. The van der Waals surface area contributed by atoms with E-state index in [-0.39, 0.29) is 25.2 Å². The molecule has 130 valence electrons. The first kappa shape index (κ1) is 16.8. The number of nitrogens with one attached hydrogen (secondary N) is 2. The number of rotatable bonds is 6. The Morgan fingerprint density at radius 2 is 1.92 bits per heavy atom. The van der Waals surface area contributed by atoms with Gasteiger partial charge in [-0.15, -0.1) is 0 Å². The van der Waals surface area contributed by atoms with Crippen LogP contribution in [0.3, 0.4) is 0 Å². The van der Waals surface area contributed by atoms with Crippen molar-refractivity contribution in [2.75, 3.05) is 25.8 Å². The van der Waals surface area contributed by atoms with Gasteiger partial charge in [0.05, 0.1) is 11.3 Å². The Kier molecular flexibility index (Phi) is 5.15. The number of benzene rings is 2. The van der Waals surface area contributed by atoms with Crippen LogP contribution < -0.4 is 20.1 Å². The Bertz CT molecular complexity index is 791. The van der Waals surface area contributed by atoms with E-state index in [0.29, 0.717) is 29.3 Å². The zero-order chi connectivity index (χ0) is 17.6. The molecule has 0 atom stereocenters. The molecule has 1 aliphatic rings. The van der Waals surface area contributed by atoms with E-state index in [1.807, 2.05) is 18.2 Å². The fourth-order valence-electron chi connectivity index (χ4n) is 2.44. The molecule has 0 bridgehead atoms. The Hall–Kier alpha value is -3.06. The van der Waals surface area contributed by atoms with Gasteiger partial charge in [0.15, 0.2) is 11.5 Å². The van der Waals surface area contributed by atoms with Crippen molar-refractivity contribution < 1.29 is 23.8 Å². The summed E-state index contributed by atoms with van der Waals surface area (Å²) in [6.45, 7) is 0.461. The number of fused-ring (bicyclic) bond motifs is 1. The summed E-state index contributed by atoms with van der Waals surface area (Å²) in [6.07, 6.45) is 0. The maximum Gasteiger partial charge on any atom is 0.253 e. The molecule has 1 aliphatic heterocycles. The minimum absolute atomic E-state index is 0.0762. The molecule has 25 heavy (non-hydrogen) atoms. The SMILES string of the molecule is COCC(=O)Nc1ccccc1C(=O)NCc1ccc2c(c1)OCO2. The molecule has 7 nitrogen and oxygen atoms in total. The van der Waals surface area contributed by atoms with E-state index in [4.69, 9.17) is 14.2 Å². The second-order valence-corrected chi connectivity index (χ2v) is 5.40. The van der Waals surface area contributed by atoms with Gasteiger partial charge in [-0.1, -0.05) is 18.2 Å². The number of para-hydroxylation sites is 1. The van der Waals surface area contributed by atoms with Gasteiger partial charge in [-0.05, 0) is 29.8 Å². The van der Waals surface area contributed by atoms with Gasteiger partial charge in [0.1, 0.15) is 6.61 Å². The van der Waals surface area contributed by atoms with Crippen LogP contribution in [-0.4, -0.2) is 32.3 Å². The predicted octanol–water partition coefficient (Wildman–Crippen LogP) is 1.93. The smallest absolute Gasteiger partial charge is 0.253 e. The summed E-state index contributed by atoms with van der Waals surface area (Å²) in [5.41, 5.74) is 1.71. The van der Waals surface area contributed by atoms with Gasteiger partial charge in [0.25, 0.3) is 5.91 Å². The lowest BCUT2D eigenvalue weighted by Crippen LogP contribution is -2.25. The highest BCUT2D eigenvalue weighted by atomic mass is 16.7. The quantitative estimate of drug-likeness (QED) is 0.838. The highest BCUT2D eigenvalue weighted by molar-refractivity contribution is 6.03. The minimum Gasteiger partial charge on any atom is -0.454 e. The summed E-state index contributed by atoms with van der Waals surface area (Å²) in [5.74, 6) is 0.754. The van der Waals surface area contributed by atoms with Crippen molar-refractivity contribution in [3.8, 4) is 11.5 Å². The number of carbonyl (C=O) groups excluding carboxylic acids is 2. The Labute approximate surface area is 144 Å². The minimum atomic E-state index is -0.321. The van der Waals surface area contributed by atoms with Crippen molar-refractivity contribution in [3.63, 3.8) is 0 Å². The first-order chi connectivity index (χ1) is 12.2. The van der Waals surface area contributed by atoms with Gasteiger partial charge < -0.3 is 24.8 Å². The zero-order valence-electron chi connectivity index (χ0n) is 13.7. The fourth-order valence-corrected chi connectivity index (χ4v) is 2.44. The van der Waals surface area contributed by atoms with Crippen molar-refractivity contribution in [2.45, 2.75) is 6.54 Å². The third-order valence-corrected chi connectivity index (χ3v) is 3.61. The van der Waals surface area contributed by atoms with Gasteiger partial charge in [-0.2, -0.15) is 0 Å². The number of methoxy groups -OCH3 is 1. The fraction of sp³-hybridized carbons (Fsp3) is 0.222. The molecule has 0 radical (unpaired) electrons. The Morgan fingerprint density at radius 3 is 2.76 bits per heavy atom. The average Bonchev–Trinajstić information content (AvgIpc) is 3.08. The van der Waals surface area contributed by atoms with E-state index < -0.39 is 0 Å². The molecule has 0 unspecified atom stereocenters. The van der Waals surface area contributed by atoms with Gasteiger partial charge in [-0.3, -0.25) is 9.59 Å². The van der Waals surface area contributed by atoms with E-state index in [9.17, 15) is 9.59 Å². The summed E-state index contributed by atoms with van der Waals surface area (Å²) >= 11 is 0. The van der Waals surface area contributed by atoms with E-state index in [1.165, 1.54) is 7.11 Å². The van der Waals surface area contributed by atoms with Crippen molar-refractivity contribution in [2.24, 2.45) is 0 Å². The van der Waals surface area contributed by atoms with Crippen LogP contribution in [0.1, 0.15) is 15.9 Å². The van der Waals surface area contributed by atoms with E-state index in [1.54, 1.807) is 24.3 Å². The lowest BCUT2D eigenvalue weighted by molar-refractivity contribution is -0.119. The summed E-state index contributed by atoms with van der Waals surface area (Å²) in [7, 11) is 1.43. The molecular formula is C18H18N2O5. The van der Waals surface area contributed by atoms with Crippen LogP contribution in [0.4, 0.5) is 5.69 Å². The molecule has 2 amide bonds. The van der Waals surface area contributed by atoms with Crippen LogP contribution in [0, 0.1) is 0 Å². The molecule has 0 aromatic heterocycles. The van der Waals surface area contributed by atoms with Gasteiger partial charge in [-0.25, -0.2) is 0 Å². The molecule has 0 saturated carbocycles. The number of amides is 2. The second kappa shape index (κ2) is 7.67. The van der Waals surface area contributed by atoms with Crippen LogP contribution in [0.2, 0.25) is 0 Å². The highest BCUT2D eigenvalue weighted by Gasteiger charge is 2.15. The number of hydrogen-bond acceptors (Lipinski definition) is 5. The van der Waals surface area contributed by atoms with Crippen molar-refractivity contribution in [1.29, 1.82) is 0 Å². The Morgan fingerprint density at radius 1 is 1.12 bits per heavy atom. The van der Waals surface area contributed by atoms with Crippen LogP contribution in [0.25, 0.3) is 0 Å². The maximum absolute atomic E-state index is 12.5. The first-order valence-corrected chi connectivity index (χ1v) is 7.72. The highest BCUT2D eigenvalue weighted by Crippen LogP contribution is 2.32. The van der Waals surface area contributed by atoms with E-state index in [2.05, 4.69) is 10.6 Å². The summed E-state index contributed by atoms with van der Waals surface area (Å²) in [5, 5.41) is 5.50. The van der Waals surface area contributed by atoms with Gasteiger partial charge in [0, 0.05) is 13.7 Å². The molecular weight excluding hydrogens is 324 g/mol. The number of anilines is 1. The summed E-state index contributed by atoms with van der Waals surface area (Å²) < 4.78 is 15.4. The lowest BCUT2D eigenvalue weighted by Gasteiger charge is -2.11. The molecule has 3 rings (SSSR count). The summed E-state index contributed by atoms with van der Waals surface area (Å²) in [6, 6.07) is 12.3. The maximum atomic E-state index is 12.5. The second-order valence-electron chi connectivity index (χ2n) is 5.40. The van der Waals surface area contributed by atoms with E-state index in [0.717, 1.165) is 5.56 Å². The standard InChI is InChI=1S/C18H18N2O5/c1-23-10-17(21)20-14-5-3-2-4-13(14)18(22)19-9-12-6-7-15-16(8-12)25-11-24-15/h2-8H,9-11H2,1H3,(H,19,22)(H,20,21). The molecule has 0 saturated heterocycles. The molecule has 0 spiro atoms. The molecule has 2 N–H and O–H groups in total. The molecule has 0 aliphatic carbocycles. The molecule has 2 aromatic carbocycles. The normalized spacial score (nSPS) is 11.9. The van der Waals surface area contributed by atoms with E-state index >= 15 is 0 Å². The zero-order valence-corrected chi connectivity index (χ0v) is 13.7. The lowest BCUT2D eigenvalue weighted by atomic mass is 10.1. The van der Waals surface area contributed by atoms with Crippen LogP contribution in [0.5, 0.6) is 11.5 Å². The van der Waals surface area contributed by atoms with Gasteiger partial charge in [0.2, 0.25) is 12.7 Å². The van der Waals surface area contributed by atoms with Gasteiger partial charge >= 0.3 is 0 Å². The van der Waals surface area contributed by atoms with Crippen LogP contribution in [-0.2, 0) is 16.1 Å². The van der Waals surface area contributed by atoms with Crippen LogP contribution >= 0.6 is 0 Å².